The topological polar surface area (TPSA) is 55.4 Å². The van der Waals surface area contributed by atoms with E-state index in [0.717, 1.165) is 5.69 Å². The molecule has 0 atom stereocenters. The zero-order chi connectivity index (χ0) is 17.7. The van der Waals surface area contributed by atoms with E-state index in [0.29, 0.717) is 11.3 Å². The van der Waals surface area contributed by atoms with Gasteiger partial charge in [-0.2, -0.15) is 0 Å². The van der Waals surface area contributed by atoms with Crippen molar-refractivity contribution in [2.24, 2.45) is 0 Å². The number of ether oxygens (including phenoxy) is 1. The Kier molecular flexibility index (Phi) is 5.39. The number of Topliss-reactive ketones (excluding diaryl/α,β-unsaturated/α-hetero) is 1. The maximum atomic E-state index is 12.0. The summed E-state index contributed by atoms with van der Waals surface area (Å²) in [5.41, 5.74) is 2.46. The Balaban J connectivity index is 1.96. The maximum absolute atomic E-state index is 12.0. The SMILES string of the molecule is CC(=O)c1ccccc1OCC(=O)Nc1ccc(C(C)(C)C)cc1. The largest absolute Gasteiger partial charge is 0.483 e. The molecule has 2 aromatic rings. The molecule has 4 heteroatoms. The molecule has 0 spiro atoms. The Morgan fingerprint density at radius 1 is 1.00 bits per heavy atom. The van der Waals surface area contributed by atoms with Gasteiger partial charge in [-0.05, 0) is 42.2 Å². The molecule has 0 fully saturated rings. The van der Waals surface area contributed by atoms with Crippen molar-refractivity contribution in [3.8, 4) is 5.75 Å². The van der Waals surface area contributed by atoms with E-state index in [1.54, 1.807) is 24.3 Å². The number of hydrogen-bond acceptors (Lipinski definition) is 3. The lowest BCUT2D eigenvalue weighted by Crippen LogP contribution is -2.21. The molecule has 0 heterocycles. The highest BCUT2D eigenvalue weighted by Gasteiger charge is 2.13. The van der Waals surface area contributed by atoms with Crippen LogP contribution >= 0.6 is 0 Å². The van der Waals surface area contributed by atoms with Crippen LogP contribution in [0.4, 0.5) is 5.69 Å². The Morgan fingerprint density at radius 2 is 1.62 bits per heavy atom. The summed E-state index contributed by atoms with van der Waals surface area (Å²) in [7, 11) is 0. The first-order valence-corrected chi connectivity index (χ1v) is 7.90. The standard InChI is InChI=1S/C20H23NO3/c1-14(22)17-7-5-6-8-18(17)24-13-19(23)21-16-11-9-15(10-12-16)20(2,3)4/h5-12H,13H2,1-4H3,(H,21,23). The summed E-state index contributed by atoms with van der Waals surface area (Å²) in [4.78, 5) is 23.6. The predicted molar refractivity (Wildman–Crippen MR) is 95.7 cm³/mol. The number of ketones is 1. The molecular weight excluding hydrogens is 302 g/mol. The van der Waals surface area contributed by atoms with Crippen LogP contribution in [0, 0.1) is 0 Å². The Hall–Kier alpha value is -2.62. The van der Waals surface area contributed by atoms with Crippen molar-refractivity contribution >= 4 is 17.4 Å². The van der Waals surface area contributed by atoms with Gasteiger partial charge in [-0.15, -0.1) is 0 Å². The quantitative estimate of drug-likeness (QED) is 0.838. The van der Waals surface area contributed by atoms with Crippen LogP contribution in [0.5, 0.6) is 5.75 Å². The predicted octanol–water partition coefficient (Wildman–Crippen LogP) is 4.20. The van der Waals surface area contributed by atoms with Crippen LogP contribution in [0.25, 0.3) is 0 Å². The van der Waals surface area contributed by atoms with Crippen molar-refractivity contribution in [3.63, 3.8) is 0 Å². The zero-order valence-electron chi connectivity index (χ0n) is 14.6. The van der Waals surface area contributed by atoms with Gasteiger partial charge in [0.15, 0.2) is 12.4 Å². The summed E-state index contributed by atoms with van der Waals surface area (Å²) < 4.78 is 5.48. The van der Waals surface area contributed by atoms with Gasteiger partial charge >= 0.3 is 0 Å². The maximum Gasteiger partial charge on any atom is 0.262 e. The first-order chi connectivity index (χ1) is 11.3. The molecule has 0 saturated carbocycles. The average molecular weight is 325 g/mol. The van der Waals surface area contributed by atoms with Crippen molar-refractivity contribution in [3.05, 3.63) is 59.7 Å². The first kappa shape index (κ1) is 17.7. The van der Waals surface area contributed by atoms with Crippen molar-refractivity contribution in [1.82, 2.24) is 0 Å². The fourth-order valence-electron chi connectivity index (χ4n) is 2.28. The third-order valence-electron chi connectivity index (χ3n) is 3.66. The molecule has 0 bridgehead atoms. The van der Waals surface area contributed by atoms with E-state index >= 15 is 0 Å². The van der Waals surface area contributed by atoms with Crippen molar-refractivity contribution in [2.75, 3.05) is 11.9 Å². The summed E-state index contributed by atoms with van der Waals surface area (Å²) in [6.45, 7) is 7.74. The number of benzene rings is 2. The third-order valence-corrected chi connectivity index (χ3v) is 3.66. The minimum absolute atomic E-state index is 0.0715. The summed E-state index contributed by atoms with van der Waals surface area (Å²) >= 11 is 0. The molecule has 2 aromatic carbocycles. The minimum Gasteiger partial charge on any atom is -0.483 e. The smallest absolute Gasteiger partial charge is 0.262 e. The van der Waals surface area contributed by atoms with Gasteiger partial charge in [0.25, 0.3) is 5.91 Å². The summed E-state index contributed by atoms with van der Waals surface area (Å²) in [6, 6.07) is 14.7. The summed E-state index contributed by atoms with van der Waals surface area (Å²) in [5, 5.41) is 2.79. The normalized spacial score (nSPS) is 11.0. The molecule has 0 aliphatic carbocycles. The van der Waals surface area contributed by atoms with E-state index in [2.05, 4.69) is 26.1 Å². The van der Waals surface area contributed by atoms with E-state index in [9.17, 15) is 9.59 Å². The van der Waals surface area contributed by atoms with Gasteiger partial charge in [-0.3, -0.25) is 9.59 Å². The Morgan fingerprint density at radius 3 is 2.21 bits per heavy atom. The molecule has 1 N–H and O–H groups in total. The lowest BCUT2D eigenvalue weighted by Gasteiger charge is -2.19. The fourth-order valence-corrected chi connectivity index (χ4v) is 2.28. The van der Waals surface area contributed by atoms with Crippen molar-refractivity contribution in [1.29, 1.82) is 0 Å². The number of amides is 1. The fraction of sp³-hybridized carbons (Fsp3) is 0.300. The summed E-state index contributed by atoms with van der Waals surface area (Å²) in [6.07, 6.45) is 0. The van der Waals surface area contributed by atoms with E-state index in [1.165, 1.54) is 12.5 Å². The molecule has 1 amide bonds. The Labute approximate surface area is 142 Å². The molecule has 0 saturated heterocycles. The van der Waals surface area contributed by atoms with Crippen LogP contribution in [-0.2, 0) is 10.2 Å². The molecular formula is C20H23NO3. The van der Waals surface area contributed by atoms with Gasteiger partial charge in [0.05, 0.1) is 5.56 Å². The Bertz CT molecular complexity index is 727. The lowest BCUT2D eigenvalue weighted by molar-refractivity contribution is -0.118. The second-order valence-corrected chi connectivity index (χ2v) is 6.72. The number of para-hydroxylation sites is 1. The number of carbonyl (C=O) groups excluding carboxylic acids is 2. The molecule has 24 heavy (non-hydrogen) atoms. The van der Waals surface area contributed by atoms with Crippen molar-refractivity contribution < 1.29 is 14.3 Å². The highest BCUT2D eigenvalue weighted by molar-refractivity contribution is 5.97. The van der Waals surface area contributed by atoms with Gasteiger partial charge in [0, 0.05) is 5.69 Å². The third kappa shape index (κ3) is 4.69. The number of nitrogens with one attached hydrogen (secondary N) is 1. The average Bonchev–Trinajstić information content (AvgIpc) is 2.53. The van der Waals surface area contributed by atoms with Gasteiger partial charge in [-0.1, -0.05) is 45.0 Å². The molecule has 0 unspecified atom stereocenters. The highest BCUT2D eigenvalue weighted by Crippen LogP contribution is 2.23. The molecule has 0 radical (unpaired) electrons. The van der Waals surface area contributed by atoms with Gasteiger partial charge in [-0.25, -0.2) is 0 Å². The second-order valence-electron chi connectivity index (χ2n) is 6.72. The van der Waals surface area contributed by atoms with E-state index < -0.39 is 0 Å². The van der Waals surface area contributed by atoms with Crippen LogP contribution in [0.3, 0.4) is 0 Å². The second kappa shape index (κ2) is 7.30. The zero-order valence-corrected chi connectivity index (χ0v) is 14.6. The van der Waals surface area contributed by atoms with Crippen LogP contribution in [0.15, 0.2) is 48.5 Å². The van der Waals surface area contributed by atoms with E-state index in [1.807, 2.05) is 24.3 Å². The monoisotopic (exact) mass is 325 g/mol. The molecule has 0 aliphatic heterocycles. The minimum atomic E-state index is -0.267. The van der Waals surface area contributed by atoms with Crippen molar-refractivity contribution in [2.45, 2.75) is 33.1 Å². The molecule has 4 nitrogen and oxygen atoms in total. The van der Waals surface area contributed by atoms with E-state index in [-0.39, 0.29) is 23.7 Å². The lowest BCUT2D eigenvalue weighted by atomic mass is 9.87. The molecule has 2 rings (SSSR count). The molecule has 0 aliphatic rings. The number of carbonyl (C=O) groups is 2. The van der Waals surface area contributed by atoms with Crippen LogP contribution in [-0.4, -0.2) is 18.3 Å². The number of rotatable bonds is 5. The van der Waals surface area contributed by atoms with Crippen LogP contribution < -0.4 is 10.1 Å². The van der Waals surface area contributed by atoms with Crippen LogP contribution in [0.1, 0.15) is 43.6 Å². The van der Waals surface area contributed by atoms with Crippen LogP contribution in [0.2, 0.25) is 0 Å². The van der Waals surface area contributed by atoms with Gasteiger partial charge in [0.2, 0.25) is 0 Å². The number of anilines is 1. The highest BCUT2D eigenvalue weighted by atomic mass is 16.5. The van der Waals surface area contributed by atoms with Gasteiger partial charge in [0.1, 0.15) is 5.75 Å². The van der Waals surface area contributed by atoms with E-state index in [4.69, 9.17) is 4.74 Å². The van der Waals surface area contributed by atoms with Gasteiger partial charge < -0.3 is 10.1 Å². The number of hydrogen-bond donors (Lipinski definition) is 1. The summed E-state index contributed by atoms with van der Waals surface area (Å²) in [5.74, 6) is 0.0591. The molecule has 126 valence electrons. The molecule has 0 aromatic heterocycles. The first-order valence-electron chi connectivity index (χ1n) is 7.90.